The van der Waals surface area contributed by atoms with Gasteiger partial charge in [0, 0.05) is 19.5 Å². The Hall–Kier alpha value is -1.91. The van der Waals surface area contributed by atoms with Gasteiger partial charge in [-0.1, -0.05) is 24.3 Å². The molecule has 1 unspecified atom stereocenters. The number of fused-ring (bicyclic) bond motifs is 1. The van der Waals surface area contributed by atoms with Crippen LogP contribution in [-0.4, -0.2) is 18.3 Å². The largest absolute Gasteiger partial charge is 0.493 e. The molecule has 0 fully saturated rings. The fourth-order valence-corrected chi connectivity index (χ4v) is 2.51. The molecule has 21 heavy (non-hydrogen) atoms. The van der Waals surface area contributed by atoms with Crippen LogP contribution in [-0.2, 0) is 13.0 Å². The normalized spacial score (nSPS) is 14.6. The van der Waals surface area contributed by atoms with Gasteiger partial charge in [0.05, 0.1) is 12.7 Å². The van der Waals surface area contributed by atoms with E-state index >= 15 is 0 Å². The van der Waals surface area contributed by atoms with Gasteiger partial charge in [-0.25, -0.2) is 4.39 Å². The van der Waals surface area contributed by atoms with Gasteiger partial charge in [0.25, 0.3) is 0 Å². The number of hydrogen-bond acceptors (Lipinski definition) is 3. The third kappa shape index (κ3) is 3.40. The van der Waals surface area contributed by atoms with E-state index in [2.05, 4.69) is 11.4 Å². The molecule has 0 aliphatic carbocycles. The molecule has 0 bridgehead atoms. The Bertz CT molecular complexity index is 613. The molecule has 1 heterocycles. The summed E-state index contributed by atoms with van der Waals surface area (Å²) in [6, 6.07) is 12.1. The van der Waals surface area contributed by atoms with Gasteiger partial charge < -0.3 is 15.2 Å². The molecule has 2 aromatic carbocycles. The van der Waals surface area contributed by atoms with E-state index in [-0.39, 0.29) is 5.82 Å². The van der Waals surface area contributed by atoms with E-state index in [1.165, 1.54) is 23.3 Å². The molecular formula is C17H18FNO2. The van der Waals surface area contributed by atoms with Crippen LogP contribution in [0.1, 0.15) is 22.8 Å². The van der Waals surface area contributed by atoms with Crippen molar-refractivity contribution >= 4 is 0 Å². The summed E-state index contributed by atoms with van der Waals surface area (Å²) >= 11 is 0. The number of aliphatic hydroxyl groups is 1. The predicted octanol–water partition coefficient (Wildman–Crippen LogP) is 2.58. The first kappa shape index (κ1) is 14.0. The lowest BCUT2D eigenvalue weighted by atomic mass is 10.1. The predicted molar refractivity (Wildman–Crippen MR) is 78.7 cm³/mol. The molecule has 2 N–H and O–H groups in total. The SMILES string of the molecule is OC(CNCc1ccc2c(c1)CCO2)c1ccc(F)cc1. The molecule has 1 atom stereocenters. The van der Waals surface area contributed by atoms with Crippen LogP contribution in [0.5, 0.6) is 5.75 Å². The maximum atomic E-state index is 12.8. The highest BCUT2D eigenvalue weighted by Crippen LogP contribution is 2.25. The number of halogens is 1. The van der Waals surface area contributed by atoms with Crippen molar-refractivity contribution < 1.29 is 14.2 Å². The lowest BCUT2D eigenvalue weighted by Gasteiger charge is -2.12. The van der Waals surface area contributed by atoms with Gasteiger partial charge in [-0.05, 0) is 34.9 Å². The fraction of sp³-hybridized carbons (Fsp3) is 0.294. The Kier molecular flexibility index (Phi) is 4.18. The molecule has 0 saturated heterocycles. The van der Waals surface area contributed by atoms with E-state index in [1.807, 2.05) is 12.1 Å². The van der Waals surface area contributed by atoms with Crippen molar-refractivity contribution in [1.82, 2.24) is 5.32 Å². The molecule has 0 spiro atoms. The third-order valence-corrected chi connectivity index (χ3v) is 3.68. The van der Waals surface area contributed by atoms with Crippen molar-refractivity contribution in [1.29, 1.82) is 0 Å². The average molecular weight is 287 g/mol. The zero-order valence-corrected chi connectivity index (χ0v) is 11.7. The number of aliphatic hydroxyl groups excluding tert-OH is 1. The molecule has 110 valence electrons. The summed E-state index contributed by atoms with van der Waals surface area (Å²) in [5, 5.41) is 13.3. The van der Waals surface area contributed by atoms with E-state index in [9.17, 15) is 9.50 Å². The van der Waals surface area contributed by atoms with Gasteiger partial charge in [-0.15, -0.1) is 0 Å². The van der Waals surface area contributed by atoms with Gasteiger partial charge in [0.2, 0.25) is 0 Å². The smallest absolute Gasteiger partial charge is 0.123 e. The van der Waals surface area contributed by atoms with Crippen molar-refractivity contribution in [3.8, 4) is 5.75 Å². The minimum absolute atomic E-state index is 0.292. The second-order valence-electron chi connectivity index (χ2n) is 5.24. The first-order valence-corrected chi connectivity index (χ1v) is 7.11. The Balaban J connectivity index is 1.52. The van der Waals surface area contributed by atoms with Crippen LogP contribution in [0.2, 0.25) is 0 Å². The highest BCUT2D eigenvalue weighted by molar-refractivity contribution is 5.39. The van der Waals surface area contributed by atoms with Crippen molar-refractivity contribution in [3.63, 3.8) is 0 Å². The topological polar surface area (TPSA) is 41.5 Å². The maximum Gasteiger partial charge on any atom is 0.123 e. The van der Waals surface area contributed by atoms with E-state index in [4.69, 9.17) is 4.74 Å². The molecule has 2 aromatic rings. The quantitative estimate of drug-likeness (QED) is 0.888. The number of hydrogen-bond donors (Lipinski definition) is 2. The van der Waals surface area contributed by atoms with E-state index in [0.29, 0.717) is 18.7 Å². The van der Waals surface area contributed by atoms with Crippen molar-refractivity contribution in [2.75, 3.05) is 13.2 Å². The number of benzene rings is 2. The highest BCUT2D eigenvalue weighted by Gasteiger charge is 2.12. The summed E-state index contributed by atoms with van der Waals surface area (Å²) in [6.07, 6.45) is 0.324. The Morgan fingerprint density at radius 3 is 2.81 bits per heavy atom. The second kappa shape index (κ2) is 6.24. The standard InChI is InChI=1S/C17H18FNO2/c18-15-4-2-13(3-5-15)16(20)11-19-10-12-1-6-17-14(9-12)7-8-21-17/h1-6,9,16,19-20H,7-8,10-11H2. The number of rotatable bonds is 5. The molecule has 4 heteroatoms. The monoisotopic (exact) mass is 287 g/mol. The molecule has 0 aromatic heterocycles. The summed E-state index contributed by atoms with van der Waals surface area (Å²) in [7, 11) is 0. The van der Waals surface area contributed by atoms with Gasteiger partial charge in [-0.3, -0.25) is 0 Å². The minimum Gasteiger partial charge on any atom is -0.493 e. The van der Waals surface area contributed by atoms with Crippen LogP contribution in [0.15, 0.2) is 42.5 Å². The second-order valence-corrected chi connectivity index (χ2v) is 5.24. The van der Waals surface area contributed by atoms with E-state index in [0.717, 1.165) is 18.8 Å². The fourth-order valence-electron chi connectivity index (χ4n) is 2.51. The Morgan fingerprint density at radius 2 is 2.00 bits per heavy atom. The van der Waals surface area contributed by atoms with Gasteiger partial charge in [0.15, 0.2) is 0 Å². The van der Waals surface area contributed by atoms with Crippen molar-refractivity contribution in [2.45, 2.75) is 19.1 Å². The van der Waals surface area contributed by atoms with E-state index in [1.54, 1.807) is 12.1 Å². The van der Waals surface area contributed by atoms with Crippen LogP contribution < -0.4 is 10.1 Å². The van der Waals surface area contributed by atoms with Crippen LogP contribution in [0.3, 0.4) is 0 Å². The lowest BCUT2D eigenvalue weighted by molar-refractivity contribution is 0.174. The average Bonchev–Trinajstić information content (AvgIpc) is 2.95. The Morgan fingerprint density at radius 1 is 1.19 bits per heavy atom. The summed E-state index contributed by atoms with van der Waals surface area (Å²) in [5.74, 6) is 0.685. The molecule has 0 saturated carbocycles. The molecule has 1 aliphatic rings. The zero-order valence-electron chi connectivity index (χ0n) is 11.7. The number of nitrogens with one attached hydrogen (secondary N) is 1. The van der Waals surface area contributed by atoms with Crippen molar-refractivity contribution in [2.24, 2.45) is 0 Å². The summed E-state index contributed by atoms with van der Waals surface area (Å²) in [6.45, 7) is 1.88. The first-order chi connectivity index (χ1) is 10.2. The van der Waals surface area contributed by atoms with Crippen LogP contribution >= 0.6 is 0 Å². The summed E-state index contributed by atoms with van der Waals surface area (Å²) in [4.78, 5) is 0. The summed E-state index contributed by atoms with van der Waals surface area (Å²) < 4.78 is 18.3. The maximum absolute atomic E-state index is 12.8. The van der Waals surface area contributed by atoms with Crippen LogP contribution in [0.25, 0.3) is 0 Å². The van der Waals surface area contributed by atoms with Gasteiger partial charge in [0.1, 0.15) is 11.6 Å². The molecule has 3 rings (SSSR count). The molecule has 3 nitrogen and oxygen atoms in total. The molecular weight excluding hydrogens is 269 g/mol. The van der Waals surface area contributed by atoms with Gasteiger partial charge in [-0.2, -0.15) is 0 Å². The minimum atomic E-state index is -0.636. The summed E-state index contributed by atoms with van der Waals surface area (Å²) in [5.41, 5.74) is 3.13. The number of ether oxygens (including phenoxy) is 1. The molecule has 1 aliphatic heterocycles. The van der Waals surface area contributed by atoms with Crippen molar-refractivity contribution in [3.05, 3.63) is 65.0 Å². The van der Waals surface area contributed by atoms with E-state index < -0.39 is 6.10 Å². The Labute approximate surface area is 123 Å². The van der Waals surface area contributed by atoms with Crippen LogP contribution in [0.4, 0.5) is 4.39 Å². The third-order valence-electron chi connectivity index (χ3n) is 3.68. The zero-order chi connectivity index (χ0) is 14.7. The lowest BCUT2D eigenvalue weighted by Crippen LogP contribution is -2.21. The molecule has 0 amide bonds. The van der Waals surface area contributed by atoms with Crippen LogP contribution in [0, 0.1) is 5.82 Å². The highest BCUT2D eigenvalue weighted by atomic mass is 19.1. The molecule has 0 radical (unpaired) electrons. The van der Waals surface area contributed by atoms with Gasteiger partial charge >= 0.3 is 0 Å². The first-order valence-electron chi connectivity index (χ1n) is 7.11.